The normalized spacial score (nSPS) is 32.1. The highest BCUT2D eigenvalue weighted by Gasteiger charge is 2.48. The maximum Gasteiger partial charge on any atom is 0.0637 e. The van der Waals surface area contributed by atoms with Crippen molar-refractivity contribution in [3.05, 3.63) is 0 Å². The van der Waals surface area contributed by atoms with E-state index in [2.05, 4.69) is 0 Å². The fourth-order valence-electron chi connectivity index (χ4n) is 5.69. The van der Waals surface area contributed by atoms with Crippen LogP contribution in [0.15, 0.2) is 0 Å². The van der Waals surface area contributed by atoms with Crippen LogP contribution in [0.3, 0.4) is 0 Å². The van der Waals surface area contributed by atoms with E-state index in [1.54, 1.807) is 0 Å². The van der Waals surface area contributed by atoms with Crippen LogP contribution < -0.4 is 11.5 Å². The van der Waals surface area contributed by atoms with Crippen molar-refractivity contribution >= 4 is 0 Å². The molecule has 0 atom stereocenters. The van der Waals surface area contributed by atoms with Crippen LogP contribution in [-0.4, -0.2) is 5.66 Å². The molecule has 2 heteroatoms. The molecule has 0 heterocycles. The fraction of sp³-hybridized carbons (Fsp3) is 1.00. The molecule has 0 aromatic rings. The van der Waals surface area contributed by atoms with Gasteiger partial charge in [-0.15, -0.1) is 0 Å². The average molecular weight is 278 g/mol. The van der Waals surface area contributed by atoms with E-state index >= 15 is 0 Å². The third-order valence-electron chi connectivity index (χ3n) is 6.95. The molecule has 0 spiro atoms. The fourth-order valence-corrected chi connectivity index (χ4v) is 5.69. The molecule has 3 aliphatic rings. The Labute approximate surface area is 125 Å². The molecule has 3 fully saturated rings. The first-order valence-electron chi connectivity index (χ1n) is 9.20. The predicted molar refractivity (Wildman–Crippen MR) is 85.2 cm³/mol. The molecule has 3 saturated carbocycles. The number of hydrogen-bond donors (Lipinski definition) is 2. The zero-order valence-corrected chi connectivity index (χ0v) is 13.2. The maximum absolute atomic E-state index is 6.24. The van der Waals surface area contributed by atoms with Gasteiger partial charge in [0.15, 0.2) is 0 Å². The highest BCUT2D eigenvalue weighted by atomic mass is 15.0. The van der Waals surface area contributed by atoms with Crippen molar-refractivity contribution in [1.82, 2.24) is 0 Å². The lowest BCUT2D eigenvalue weighted by Gasteiger charge is -2.54. The van der Waals surface area contributed by atoms with Crippen molar-refractivity contribution in [3.8, 4) is 0 Å². The molecule has 0 amide bonds. The van der Waals surface area contributed by atoms with Gasteiger partial charge < -0.3 is 11.5 Å². The first-order valence-corrected chi connectivity index (χ1v) is 9.20. The van der Waals surface area contributed by atoms with E-state index in [4.69, 9.17) is 11.5 Å². The van der Waals surface area contributed by atoms with E-state index in [-0.39, 0.29) is 5.66 Å². The standard InChI is InChI=1S/C18H34N2/c19-18(20)13-11-17(12-14-18,15-7-3-1-4-8-15)16-9-5-2-6-10-16/h15-16H,1-14,19-20H2. The van der Waals surface area contributed by atoms with Crippen LogP contribution >= 0.6 is 0 Å². The third-order valence-corrected chi connectivity index (χ3v) is 6.95. The summed E-state index contributed by atoms with van der Waals surface area (Å²) >= 11 is 0. The van der Waals surface area contributed by atoms with Gasteiger partial charge in [0.2, 0.25) is 0 Å². The molecule has 3 rings (SSSR count). The quantitative estimate of drug-likeness (QED) is 0.739. The number of rotatable bonds is 2. The van der Waals surface area contributed by atoms with Crippen LogP contribution in [0.4, 0.5) is 0 Å². The van der Waals surface area contributed by atoms with E-state index in [9.17, 15) is 0 Å². The Hall–Kier alpha value is -0.0800. The van der Waals surface area contributed by atoms with Gasteiger partial charge in [0.05, 0.1) is 5.66 Å². The van der Waals surface area contributed by atoms with Gasteiger partial charge in [-0.2, -0.15) is 0 Å². The van der Waals surface area contributed by atoms with Crippen LogP contribution in [0.1, 0.15) is 89.9 Å². The highest BCUT2D eigenvalue weighted by molar-refractivity contribution is 5.00. The summed E-state index contributed by atoms with van der Waals surface area (Å²) in [6.07, 6.45) is 19.5. The summed E-state index contributed by atoms with van der Waals surface area (Å²) in [6.45, 7) is 0. The second kappa shape index (κ2) is 5.96. The van der Waals surface area contributed by atoms with Crippen molar-refractivity contribution in [2.75, 3.05) is 0 Å². The van der Waals surface area contributed by atoms with Crippen LogP contribution in [0.2, 0.25) is 0 Å². The Bertz CT molecular complexity index is 281. The minimum absolute atomic E-state index is 0.368. The molecule has 0 bridgehead atoms. The van der Waals surface area contributed by atoms with Gasteiger partial charge in [0.25, 0.3) is 0 Å². The summed E-state index contributed by atoms with van der Waals surface area (Å²) in [5.74, 6) is 1.96. The Morgan fingerprint density at radius 2 is 0.950 bits per heavy atom. The molecule has 0 aromatic carbocycles. The van der Waals surface area contributed by atoms with E-state index in [1.165, 1.54) is 77.0 Å². The smallest absolute Gasteiger partial charge is 0.0637 e. The van der Waals surface area contributed by atoms with Gasteiger partial charge in [0.1, 0.15) is 0 Å². The Kier molecular flexibility index (Phi) is 4.42. The molecule has 116 valence electrons. The third kappa shape index (κ3) is 2.92. The molecule has 3 aliphatic carbocycles. The summed E-state index contributed by atoms with van der Waals surface area (Å²) in [6, 6.07) is 0. The molecule has 0 aromatic heterocycles. The molecular formula is C18H34N2. The summed E-state index contributed by atoms with van der Waals surface area (Å²) in [7, 11) is 0. The Morgan fingerprint density at radius 3 is 1.35 bits per heavy atom. The largest absolute Gasteiger partial charge is 0.313 e. The van der Waals surface area contributed by atoms with Gasteiger partial charge in [-0.1, -0.05) is 38.5 Å². The summed E-state index contributed by atoms with van der Waals surface area (Å²) < 4.78 is 0. The van der Waals surface area contributed by atoms with E-state index < -0.39 is 0 Å². The van der Waals surface area contributed by atoms with Gasteiger partial charge in [-0.25, -0.2) is 0 Å². The van der Waals surface area contributed by atoms with Crippen molar-refractivity contribution in [3.63, 3.8) is 0 Å². The van der Waals surface area contributed by atoms with Gasteiger partial charge >= 0.3 is 0 Å². The lowest BCUT2D eigenvalue weighted by molar-refractivity contribution is -0.0291. The molecule has 0 saturated heterocycles. The van der Waals surface area contributed by atoms with Gasteiger partial charge in [-0.05, 0) is 68.6 Å². The zero-order chi connectivity index (χ0) is 14.1. The van der Waals surface area contributed by atoms with E-state index in [1.807, 2.05) is 0 Å². The van der Waals surface area contributed by atoms with Gasteiger partial charge in [0, 0.05) is 0 Å². The highest BCUT2D eigenvalue weighted by Crippen LogP contribution is 2.56. The second-order valence-corrected chi connectivity index (χ2v) is 8.14. The molecule has 2 nitrogen and oxygen atoms in total. The van der Waals surface area contributed by atoms with Crippen LogP contribution in [-0.2, 0) is 0 Å². The molecule has 20 heavy (non-hydrogen) atoms. The monoisotopic (exact) mass is 278 g/mol. The number of hydrogen-bond acceptors (Lipinski definition) is 2. The van der Waals surface area contributed by atoms with E-state index in [0.717, 1.165) is 24.7 Å². The maximum atomic E-state index is 6.24. The van der Waals surface area contributed by atoms with Crippen LogP contribution in [0.25, 0.3) is 0 Å². The van der Waals surface area contributed by atoms with Crippen molar-refractivity contribution < 1.29 is 0 Å². The zero-order valence-electron chi connectivity index (χ0n) is 13.2. The number of nitrogens with two attached hydrogens (primary N) is 2. The molecular weight excluding hydrogens is 244 g/mol. The predicted octanol–water partition coefficient (Wildman–Crippen LogP) is 4.32. The van der Waals surface area contributed by atoms with E-state index in [0.29, 0.717) is 5.41 Å². The summed E-state index contributed by atoms with van der Waals surface area (Å²) in [5, 5.41) is 0. The minimum Gasteiger partial charge on any atom is -0.313 e. The van der Waals surface area contributed by atoms with Crippen LogP contribution in [0, 0.1) is 17.3 Å². The molecule has 4 N–H and O–H groups in total. The summed E-state index contributed by atoms with van der Waals surface area (Å²) in [4.78, 5) is 0. The minimum atomic E-state index is -0.368. The lowest BCUT2D eigenvalue weighted by Crippen LogP contribution is -2.56. The first-order chi connectivity index (χ1) is 9.62. The van der Waals surface area contributed by atoms with Crippen molar-refractivity contribution in [2.45, 2.75) is 95.6 Å². The molecule has 0 radical (unpaired) electrons. The lowest BCUT2D eigenvalue weighted by atomic mass is 9.52. The van der Waals surface area contributed by atoms with Crippen molar-refractivity contribution in [1.29, 1.82) is 0 Å². The van der Waals surface area contributed by atoms with Crippen LogP contribution in [0.5, 0.6) is 0 Å². The average Bonchev–Trinajstić information content (AvgIpc) is 2.50. The Morgan fingerprint density at radius 1 is 0.550 bits per heavy atom. The second-order valence-electron chi connectivity index (χ2n) is 8.14. The SMILES string of the molecule is NC1(N)CCC(C2CCCCC2)(C2CCCCC2)CC1. The molecule has 0 unspecified atom stereocenters. The van der Waals surface area contributed by atoms with Gasteiger partial charge in [-0.3, -0.25) is 0 Å². The molecule has 0 aliphatic heterocycles. The Balaban J connectivity index is 1.78. The first kappa shape index (κ1) is 14.8. The topological polar surface area (TPSA) is 52.0 Å². The van der Waals surface area contributed by atoms with Crippen molar-refractivity contribution in [2.24, 2.45) is 28.7 Å². The summed E-state index contributed by atoms with van der Waals surface area (Å²) in [5.41, 5.74) is 12.7.